The minimum Gasteiger partial charge on any atom is -0.481 e. The van der Waals surface area contributed by atoms with Crippen molar-refractivity contribution in [3.63, 3.8) is 0 Å². The zero-order chi connectivity index (χ0) is 14.6. The van der Waals surface area contributed by atoms with Crippen molar-refractivity contribution in [1.29, 1.82) is 0 Å². The molecule has 0 saturated carbocycles. The third kappa shape index (κ3) is 4.56. The van der Waals surface area contributed by atoms with Gasteiger partial charge in [0.2, 0.25) is 0 Å². The van der Waals surface area contributed by atoms with Gasteiger partial charge in [0.15, 0.2) is 6.10 Å². The molecular weight excluding hydrogens is 240 g/mol. The van der Waals surface area contributed by atoms with E-state index < -0.39 is 6.10 Å². The highest BCUT2D eigenvalue weighted by molar-refractivity contribution is 5.80. The fourth-order valence-corrected chi connectivity index (χ4v) is 1.73. The summed E-state index contributed by atoms with van der Waals surface area (Å²) in [7, 11) is 0. The lowest BCUT2D eigenvalue weighted by Gasteiger charge is -2.18. The summed E-state index contributed by atoms with van der Waals surface area (Å²) in [5, 5.41) is 2.83. The smallest absolute Gasteiger partial charge is 0.260 e. The molecule has 0 aromatic heterocycles. The molecule has 0 aliphatic heterocycles. The van der Waals surface area contributed by atoms with Crippen LogP contribution in [0.25, 0.3) is 0 Å². The number of carbonyl (C=O) groups excluding carboxylic acids is 1. The van der Waals surface area contributed by atoms with Crippen LogP contribution in [0, 0.1) is 6.92 Å². The Bertz CT molecular complexity index is 442. The molecule has 0 saturated heterocycles. The molecule has 1 aromatic rings. The molecule has 0 aliphatic carbocycles. The van der Waals surface area contributed by atoms with Gasteiger partial charge in [0.05, 0.1) is 0 Å². The number of ether oxygens (including phenoxy) is 1. The fraction of sp³-hybridized carbons (Fsp3) is 0.533. The lowest BCUT2D eigenvalue weighted by molar-refractivity contribution is -0.127. The Kier molecular flexibility index (Phi) is 5.36. The minimum atomic E-state index is -0.512. The van der Waals surface area contributed by atoms with E-state index in [0.717, 1.165) is 16.9 Å². The number of nitrogens with two attached hydrogens (primary N) is 1. The van der Waals surface area contributed by atoms with Crippen LogP contribution in [-0.4, -0.2) is 18.1 Å². The van der Waals surface area contributed by atoms with Crippen molar-refractivity contribution in [2.24, 2.45) is 5.73 Å². The van der Waals surface area contributed by atoms with Crippen LogP contribution >= 0.6 is 0 Å². The Labute approximate surface area is 115 Å². The van der Waals surface area contributed by atoms with E-state index in [1.165, 1.54) is 0 Å². The topological polar surface area (TPSA) is 64.3 Å². The number of hydrogen-bond donors (Lipinski definition) is 2. The molecule has 2 unspecified atom stereocenters. The van der Waals surface area contributed by atoms with Crippen molar-refractivity contribution >= 4 is 5.91 Å². The van der Waals surface area contributed by atoms with Crippen molar-refractivity contribution in [2.75, 3.05) is 0 Å². The number of carbonyl (C=O) groups is 1. The molecule has 0 radical (unpaired) electrons. The van der Waals surface area contributed by atoms with E-state index in [9.17, 15) is 4.79 Å². The standard InChI is InChI=1S/C15H24N2O2/c1-9(2)17-15(18)12(5)19-14-7-6-13(11(4)16)8-10(14)3/h6-9,11-12H,16H2,1-5H3,(H,17,18). The molecule has 0 bridgehead atoms. The summed E-state index contributed by atoms with van der Waals surface area (Å²) in [5.74, 6) is 0.612. The highest BCUT2D eigenvalue weighted by atomic mass is 16.5. The summed E-state index contributed by atoms with van der Waals surface area (Å²) >= 11 is 0. The van der Waals surface area contributed by atoms with Crippen molar-refractivity contribution in [3.05, 3.63) is 29.3 Å². The highest BCUT2D eigenvalue weighted by Gasteiger charge is 2.16. The lowest BCUT2D eigenvalue weighted by atomic mass is 10.1. The first-order chi connectivity index (χ1) is 8.81. The van der Waals surface area contributed by atoms with Crippen LogP contribution in [-0.2, 0) is 4.79 Å². The summed E-state index contributed by atoms with van der Waals surface area (Å²) in [5.41, 5.74) is 7.88. The molecule has 4 heteroatoms. The van der Waals surface area contributed by atoms with Gasteiger partial charge in [0.25, 0.3) is 5.91 Å². The van der Waals surface area contributed by atoms with E-state index in [0.29, 0.717) is 0 Å². The van der Waals surface area contributed by atoms with Gasteiger partial charge in [-0.25, -0.2) is 0 Å². The predicted octanol–water partition coefficient (Wildman–Crippen LogP) is 2.31. The van der Waals surface area contributed by atoms with Crippen LogP contribution in [0.5, 0.6) is 5.75 Å². The third-order valence-electron chi connectivity index (χ3n) is 2.83. The second kappa shape index (κ2) is 6.57. The van der Waals surface area contributed by atoms with Crippen LogP contribution in [0.2, 0.25) is 0 Å². The number of hydrogen-bond acceptors (Lipinski definition) is 3. The molecular formula is C15H24N2O2. The van der Waals surface area contributed by atoms with Gasteiger partial charge in [-0.05, 0) is 51.8 Å². The summed E-state index contributed by atoms with van der Waals surface area (Å²) in [4.78, 5) is 11.8. The van der Waals surface area contributed by atoms with Gasteiger partial charge in [-0.2, -0.15) is 0 Å². The number of benzene rings is 1. The van der Waals surface area contributed by atoms with Gasteiger partial charge in [0.1, 0.15) is 5.75 Å². The fourth-order valence-electron chi connectivity index (χ4n) is 1.73. The van der Waals surface area contributed by atoms with Crippen molar-refractivity contribution < 1.29 is 9.53 Å². The molecule has 0 heterocycles. The molecule has 4 nitrogen and oxygen atoms in total. The summed E-state index contributed by atoms with van der Waals surface area (Å²) < 4.78 is 5.69. The summed E-state index contributed by atoms with van der Waals surface area (Å²) in [6.07, 6.45) is -0.512. The quantitative estimate of drug-likeness (QED) is 0.857. The van der Waals surface area contributed by atoms with Crippen molar-refractivity contribution in [1.82, 2.24) is 5.32 Å². The van der Waals surface area contributed by atoms with Crippen LogP contribution < -0.4 is 15.8 Å². The maximum atomic E-state index is 11.8. The first-order valence-corrected chi connectivity index (χ1v) is 6.64. The lowest BCUT2D eigenvalue weighted by Crippen LogP contribution is -2.40. The Hall–Kier alpha value is -1.55. The maximum absolute atomic E-state index is 11.8. The van der Waals surface area contributed by atoms with E-state index >= 15 is 0 Å². The first kappa shape index (κ1) is 15.5. The van der Waals surface area contributed by atoms with E-state index in [1.54, 1.807) is 6.92 Å². The second-order valence-electron chi connectivity index (χ2n) is 5.24. The monoisotopic (exact) mass is 264 g/mol. The normalized spacial score (nSPS) is 14.1. The maximum Gasteiger partial charge on any atom is 0.260 e. The summed E-state index contributed by atoms with van der Waals surface area (Å²) in [6.45, 7) is 9.49. The molecule has 3 N–H and O–H groups in total. The molecule has 106 valence electrons. The van der Waals surface area contributed by atoms with Crippen molar-refractivity contribution in [3.8, 4) is 5.75 Å². The first-order valence-electron chi connectivity index (χ1n) is 6.64. The zero-order valence-corrected chi connectivity index (χ0v) is 12.4. The molecule has 0 spiro atoms. The number of amides is 1. The van der Waals surface area contributed by atoms with E-state index in [1.807, 2.05) is 45.9 Å². The Morgan fingerprint density at radius 3 is 2.37 bits per heavy atom. The van der Waals surface area contributed by atoms with Gasteiger partial charge in [0, 0.05) is 12.1 Å². The zero-order valence-electron chi connectivity index (χ0n) is 12.4. The Balaban J connectivity index is 2.74. The van der Waals surface area contributed by atoms with Gasteiger partial charge in [-0.3, -0.25) is 4.79 Å². The number of nitrogens with one attached hydrogen (secondary N) is 1. The van der Waals surface area contributed by atoms with Crippen LogP contribution in [0.4, 0.5) is 0 Å². The van der Waals surface area contributed by atoms with Crippen molar-refractivity contribution in [2.45, 2.75) is 52.8 Å². The van der Waals surface area contributed by atoms with Gasteiger partial charge >= 0.3 is 0 Å². The van der Waals surface area contributed by atoms with E-state index in [4.69, 9.17) is 10.5 Å². The Morgan fingerprint density at radius 1 is 1.26 bits per heavy atom. The van der Waals surface area contributed by atoms with Crippen LogP contribution in [0.3, 0.4) is 0 Å². The van der Waals surface area contributed by atoms with Gasteiger partial charge in [-0.1, -0.05) is 12.1 Å². The number of aryl methyl sites for hydroxylation is 1. The largest absolute Gasteiger partial charge is 0.481 e. The SMILES string of the molecule is Cc1cc(C(C)N)ccc1OC(C)C(=O)NC(C)C. The average Bonchev–Trinajstić information content (AvgIpc) is 2.30. The Morgan fingerprint density at radius 2 is 1.89 bits per heavy atom. The van der Waals surface area contributed by atoms with E-state index in [2.05, 4.69) is 5.32 Å². The summed E-state index contributed by atoms with van der Waals surface area (Å²) in [6, 6.07) is 5.90. The molecule has 0 fully saturated rings. The molecule has 1 aromatic carbocycles. The molecule has 19 heavy (non-hydrogen) atoms. The molecule has 0 aliphatic rings. The molecule has 1 rings (SSSR count). The molecule has 1 amide bonds. The van der Waals surface area contributed by atoms with Crippen LogP contribution in [0.1, 0.15) is 44.9 Å². The van der Waals surface area contributed by atoms with Gasteiger partial charge < -0.3 is 15.8 Å². The van der Waals surface area contributed by atoms with Gasteiger partial charge in [-0.15, -0.1) is 0 Å². The minimum absolute atomic E-state index is 0.00517. The van der Waals surface area contributed by atoms with E-state index in [-0.39, 0.29) is 18.0 Å². The predicted molar refractivity (Wildman–Crippen MR) is 77.2 cm³/mol. The second-order valence-corrected chi connectivity index (χ2v) is 5.24. The number of rotatable bonds is 5. The molecule has 2 atom stereocenters. The average molecular weight is 264 g/mol. The highest BCUT2D eigenvalue weighted by Crippen LogP contribution is 2.22. The third-order valence-corrected chi connectivity index (χ3v) is 2.83. The van der Waals surface area contributed by atoms with Crippen LogP contribution in [0.15, 0.2) is 18.2 Å².